The second-order valence-electron chi connectivity index (χ2n) is 3.77. The van der Waals surface area contributed by atoms with E-state index in [1.165, 1.54) is 11.3 Å². The van der Waals surface area contributed by atoms with Crippen LogP contribution in [0.2, 0.25) is 0 Å². The van der Waals surface area contributed by atoms with Crippen molar-refractivity contribution in [3.63, 3.8) is 0 Å². The molecule has 6 nitrogen and oxygen atoms in total. The number of aromatic nitrogens is 3. The van der Waals surface area contributed by atoms with Gasteiger partial charge in [0, 0.05) is 24.2 Å². The van der Waals surface area contributed by atoms with Crippen LogP contribution in [0.15, 0.2) is 24.5 Å². The monoisotopic (exact) mass is 266 g/mol. The van der Waals surface area contributed by atoms with E-state index in [1.807, 2.05) is 12.3 Å². The van der Waals surface area contributed by atoms with E-state index in [-0.39, 0.29) is 0 Å². The number of aryl methyl sites for hydroxylation is 1. The number of nitrogens with one attached hydrogen (secondary N) is 1. The molecule has 2 N–H and O–H groups in total. The first-order valence-corrected chi connectivity index (χ1v) is 6.44. The van der Waals surface area contributed by atoms with Gasteiger partial charge in [-0.25, -0.2) is 4.79 Å². The molecule has 0 spiro atoms. The zero-order valence-electron chi connectivity index (χ0n) is 9.74. The molecule has 0 unspecified atom stereocenters. The maximum atomic E-state index is 10.7. The Labute approximate surface area is 108 Å². The predicted octanol–water partition coefficient (Wildman–Crippen LogP) is 1.22. The van der Waals surface area contributed by atoms with Crippen LogP contribution in [0.3, 0.4) is 0 Å². The van der Waals surface area contributed by atoms with E-state index in [0.717, 1.165) is 24.4 Å². The van der Waals surface area contributed by atoms with Gasteiger partial charge in [-0.3, -0.25) is 4.68 Å². The summed E-state index contributed by atoms with van der Waals surface area (Å²) in [5.74, 6) is -0.863. The van der Waals surface area contributed by atoms with E-state index in [1.54, 1.807) is 16.9 Å². The number of nitrogens with zero attached hydrogens (tertiary/aromatic N) is 3. The molecule has 96 valence electrons. The zero-order chi connectivity index (χ0) is 12.8. The van der Waals surface area contributed by atoms with Gasteiger partial charge in [-0.15, -0.1) is 16.4 Å². The molecule has 7 heteroatoms. The van der Waals surface area contributed by atoms with E-state index in [2.05, 4.69) is 15.6 Å². The third-order valence-electron chi connectivity index (χ3n) is 2.38. The second kappa shape index (κ2) is 6.27. The number of thiophene rings is 1. The van der Waals surface area contributed by atoms with Crippen LogP contribution < -0.4 is 5.32 Å². The first-order valence-electron chi connectivity index (χ1n) is 5.62. The minimum Gasteiger partial charge on any atom is -0.477 e. The summed E-state index contributed by atoms with van der Waals surface area (Å²) in [7, 11) is 0. The average Bonchev–Trinajstić information content (AvgIpc) is 2.98. The van der Waals surface area contributed by atoms with Gasteiger partial charge in [0.15, 0.2) is 0 Å². The van der Waals surface area contributed by atoms with Gasteiger partial charge in [0.05, 0.1) is 6.20 Å². The van der Waals surface area contributed by atoms with E-state index < -0.39 is 5.97 Å². The van der Waals surface area contributed by atoms with Crippen molar-refractivity contribution in [3.8, 4) is 0 Å². The van der Waals surface area contributed by atoms with E-state index in [9.17, 15) is 4.79 Å². The number of rotatable bonds is 7. The molecule has 0 bridgehead atoms. The summed E-state index contributed by atoms with van der Waals surface area (Å²) in [5.41, 5.74) is 0. The third kappa shape index (κ3) is 3.64. The maximum absolute atomic E-state index is 10.7. The Morgan fingerprint density at radius 2 is 2.39 bits per heavy atom. The summed E-state index contributed by atoms with van der Waals surface area (Å²) in [6, 6.07) is 3.48. The first kappa shape index (κ1) is 12.7. The SMILES string of the molecule is O=C(O)c1ccc(CNCCCn2ccnn2)s1. The van der Waals surface area contributed by atoms with Gasteiger partial charge in [-0.1, -0.05) is 5.21 Å². The average molecular weight is 266 g/mol. The molecular formula is C11H14N4O2S. The number of hydrogen-bond donors (Lipinski definition) is 2. The van der Waals surface area contributed by atoms with Crippen molar-refractivity contribution in [1.29, 1.82) is 0 Å². The van der Waals surface area contributed by atoms with Gasteiger partial charge in [-0.05, 0) is 25.1 Å². The number of hydrogen-bond acceptors (Lipinski definition) is 5. The Bertz CT molecular complexity index is 495. The molecule has 0 fully saturated rings. The largest absolute Gasteiger partial charge is 0.477 e. The molecule has 2 aromatic rings. The fourth-order valence-corrected chi connectivity index (χ4v) is 2.33. The molecule has 0 atom stereocenters. The summed E-state index contributed by atoms with van der Waals surface area (Å²) in [5, 5.41) is 19.7. The minimum atomic E-state index is -0.863. The Balaban J connectivity index is 1.64. The van der Waals surface area contributed by atoms with Crippen molar-refractivity contribution >= 4 is 17.3 Å². The summed E-state index contributed by atoms with van der Waals surface area (Å²) in [6.07, 6.45) is 4.45. The van der Waals surface area contributed by atoms with E-state index >= 15 is 0 Å². The molecule has 2 aromatic heterocycles. The number of carboxylic acid groups (broad SMARTS) is 1. The highest BCUT2D eigenvalue weighted by molar-refractivity contribution is 7.13. The molecular weight excluding hydrogens is 252 g/mol. The van der Waals surface area contributed by atoms with Gasteiger partial charge in [0.25, 0.3) is 0 Å². The van der Waals surface area contributed by atoms with Crippen LogP contribution in [0.25, 0.3) is 0 Å². The first-order chi connectivity index (χ1) is 8.75. The van der Waals surface area contributed by atoms with Crippen molar-refractivity contribution in [2.75, 3.05) is 6.54 Å². The smallest absolute Gasteiger partial charge is 0.345 e. The molecule has 2 heterocycles. The van der Waals surface area contributed by atoms with Crippen LogP contribution in [-0.4, -0.2) is 32.6 Å². The zero-order valence-corrected chi connectivity index (χ0v) is 10.6. The summed E-state index contributed by atoms with van der Waals surface area (Å²) in [6.45, 7) is 2.40. The van der Waals surface area contributed by atoms with Gasteiger partial charge >= 0.3 is 5.97 Å². The van der Waals surface area contributed by atoms with Crippen LogP contribution >= 0.6 is 11.3 Å². The summed E-state index contributed by atoms with van der Waals surface area (Å²) < 4.78 is 1.79. The second-order valence-corrected chi connectivity index (χ2v) is 4.94. The summed E-state index contributed by atoms with van der Waals surface area (Å²) >= 11 is 1.31. The molecule has 0 amide bonds. The maximum Gasteiger partial charge on any atom is 0.345 e. The molecule has 18 heavy (non-hydrogen) atoms. The fraction of sp³-hybridized carbons (Fsp3) is 0.364. The van der Waals surface area contributed by atoms with E-state index in [0.29, 0.717) is 11.4 Å². The standard InChI is InChI=1S/C11H14N4O2S/c16-11(17)10-3-2-9(18-10)8-12-4-1-6-15-7-5-13-14-15/h2-3,5,7,12H,1,4,6,8H2,(H,16,17). The molecule has 0 aliphatic rings. The van der Waals surface area contributed by atoms with E-state index in [4.69, 9.17) is 5.11 Å². The Morgan fingerprint density at radius 3 is 3.06 bits per heavy atom. The van der Waals surface area contributed by atoms with Crippen LogP contribution in [0.5, 0.6) is 0 Å². The molecule has 0 aromatic carbocycles. The van der Waals surface area contributed by atoms with Crippen molar-refractivity contribution < 1.29 is 9.90 Å². The highest BCUT2D eigenvalue weighted by atomic mass is 32.1. The van der Waals surface area contributed by atoms with Crippen molar-refractivity contribution in [1.82, 2.24) is 20.3 Å². The topological polar surface area (TPSA) is 80.0 Å². The van der Waals surface area contributed by atoms with Crippen molar-refractivity contribution in [2.24, 2.45) is 0 Å². The fourth-order valence-electron chi connectivity index (χ4n) is 1.52. The van der Waals surface area contributed by atoms with Gasteiger partial charge < -0.3 is 10.4 Å². The lowest BCUT2D eigenvalue weighted by molar-refractivity contribution is 0.0702. The van der Waals surface area contributed by atoms with Crippen molar-refractivity contribution in [3.05, 3.63) is 34.3 Å². The minimum absolute atomic E-state index is 0.384. The van der Waals surface area contributed by atoms with Gasteiger partial charge in [-0.2, -0.15) is 0 Å². The van der Waals surface area contributed by atoms with Crippen LogP contribution in [0.1, 0.15) is 21.0 Å². The van der Waals surface area contributed by atoms with Crippen LogP contribution in [0, 0.1) is 0 Å². The van der Waals surface area contributed by atoms with Crippen LogP contribution in [0.4, 0.5) is 0 Å². The molecule has 2 rings (SSSR count). The number of aromatic carboxylic acids is 1. The third-order valence-corrected chi connectivity index (χ3v) is 3.46. The normalized spacial score (nSPS) is 10.7. The lowest BCUT2D eigenvalue weighted by atomic mass is 10.4. The van der Waals surface area contributed by atoms with Crippen molar-refractivity contribution in [2.45, 2.75) is 19.5 Å². The molecule has 0 aliphatic heterocycles. The highest BCUT2D eigenvalue weighted by Crippen LogP contribution is 2.15. The highest BCUT2D eigenvalue weighted by Gasteiger charge is 2.05. The summed E-state index contributed by atoms with van der Waals surface area (Å²) in [4.78, 5) is 12.1. The Kier molecular flexibility index (Phi) is 4.43. The Hall–Kier alpha value is -1.73. The van der Waals surface area contributed by atoms with Crippen LogP contribution in [-0.2, 0) is 13.1 Å². The Morgan fingerprint density at radius 1 is 1.50 bits per heavy atom. The van der Waals surface area contributed by atoms with Gasteiger partial charge in [0.2, 0.25) is 0 Å². The molecule has 0 radical (unpaired) electrons. The lowest BCUT2D eigenvalue weighted by Crippen LogP contribution is -2.16. The molecule has 0 aliphatic carbocycles. The van der Waals surface area contributed by atoms with Gasteiger partial charge in [0.1, 0.15) is 4.88 Å². The number of carbonyl (C=O) groups is 1. The quantitative estimate of drug-likeness (QED) is 0.736. The molecule has 0 saturated heterocycles. The lowest BCUT2D eigenvalue weighted by Gasteiger charge is -2.02. The number of carboxylic acids is 1. The predicted molar refractivity (Wildman–Crippen MR) is 67.6 cm³/mol. The molecule has 0 saturated carbocycles.